The molecule has 0 unspecified atom stereocenters. The van der Waals surface area contributed by atoms with E-state index in [4.69, 9.17) is 5.11 Å². The number of thiophene rings is 1. The topological polar surface area (TPSA) is 55.1 Å². The van der Waals surface area contributed by atoms with Gasteiger partial charge in [-0.15, -0.1) is 23.1 Å². The number of benzene rings is 3. The first-order valence-electron chi connectivity index (χ1n) is 10.3. The van der Waals surface area contributed by atoms with Crippen LogP contribution in [0.25, 0.3) is 26.7 Å². The van der Waals surface area contributed by atoms with E-state index in [1.165, 1.54) is 23.5 Å². The number of fused-ring (bicyclic) bond motifs is 2. The Bertz CT molecular complexity index is 1500. The number of alkyl halides is 3. The lowest BCUT2D eigenvalue weighted by molar-refractivity contribution is -0.138. The van der Waals surface area contributed by atoms with Gasteiger partial charge in [0, 0.05) is 26.9 Å². The van der Waals surface area contributed by atoms with E-state index in [0.717, 1.165) is 49.1 Å². The third kappa shape index (κ3) is 4.53. The van der Waals surface area contributed by atoms with Gasteiger partial charge in [0.15, 0.2) is 0 Å². The van der Waals surface area contributed by atoms with E-state index in [1.807, 2.05) is 41.9 Å². The zero-order valence-corrected chi connectivity index (χ0v) is 19.2. The van der Waals surface area contributed by atoms with Gasteiger partial charge in [-0.2, -0.15) is 18.3 Å². The van der Waals surface area contributed by atoms with E-state index in [0.29, 0.717) is 11.4 Å². The Kier molecular flexibility index (Phi) is 5.83. The van der Waals surface area contributed by atoms with Gasteiger partial charge in [0.1, 0.15) is 0 Å². The minimum absolute atomic E-state index is 0.0113. The largest absolute Gasteiger partial charge is 0.481 e. The molecule has 2 aromatic heterocycles. The van der Waals surface area contributed by atoms with Crippen molar-refractivity contribution in [3.05, 3.63) is 88.9 Å². The average molecular weight is 499 g/mol. The SMILES string of the molecule is O=C(O)Cc1csc2cc(SCc3cccc4nn(-c5ccc(C(F)(F)F)cc5)cc34)ccc12. The maximum absolute atomic E-state index is 12.9. The number of hydrogen-bond donors (Lipinski definition) is 1. The summed E-state index contributed by atoms with van der Waals surface area (Å²) < 4.78 is 41.2. The molecule has 0 aliphatic carbocycles. The van der Waals surface area contributed by atoms with Gasteiger partial charge in [-0.1, -0.05) is 18.2 Å². The number of halogens is 3. The highest BCUT2D eigenvalue weighted by atomic mass is 32.2. The molecule has 0 saturated carbocycles. The maximum Gasteiger partial charge on any atom is 0.416 e. The molecule has 4 nitrogen and oxygen atoms in total. The Balaban J connectivity index is 1.37. The zero-order chi connectivity index (χ0) is 23.9. The molecule has 0 aliphatic heterocycles. The van der Waals surface area contributed by atoms with Gasteiger partial charge in [0.05, 0.1) is 23.2 Å². The van der Waals surface area contributed by atoms with E-state index in [-0.39, 0.29) is 6.42 Å². The second-order valence-corrected chi connectivity index (χ2v) is 9.71. The van der Waals surface area contributed by atoms with E-state index in [2.05, 4.69) is 11.2 Å². The quantitative estimate of drug-likeness (QED) is 0.252. The van der Waals surface area contributed by atoms with Crippen molar-refractivity contribution >= 4 is 50.1 Å². The van der Waals surface area contributed by atoms with Gasteiger partial charge in [-0.25, -0.2) is 4.68 Å². The predicted octanol–water partition coefficient (Wildman–Crippen LogP) is 7.18. The molecule has 0 radical (unpaired) electrons. The van der Waals surface area contributed by atoms with Gasteiger partial charge in [-0.05, 0) is 64.4 Å². The van der Waals surface area contributed by atoms with Gasteiger partial charge >= 0.3 is 12.1 Å². The molecule has 5 aromatic rings. The molecule has 9 heteroatoms. The van der Waals surface area contributed by atoms with Crippen molar-refractivity contribution in [2.45, 2.75) is 23.2 Å². The van der Waals surface area contributed by atoms with Crippen molar-refractivity contribution in [2.75, 3.05) is 0 Å². The Labute approximate surface area is 200 Å². The van der Waals surface area contributed by atoms with Crippen molar-refractivity contribution in [1.82, 2.24) is 9.78 Å². The van der Waals surface area contributed by atoms with Crippen LogP contribution in [0.3, 0.4) is 0 Å². The minimum Gasteiger partial charge on any atom is -0.481 e. The summed E-state index contributed by atoms with van der Waals surface area (Å²) in [7, 11) is 0. The fourth-order valence-corrected chi connectivity index (χ4v) is 5.79. The van der Waals surface area contributed by atoms with Crippen LogP contribution in [0, 0.1) is 0 Å². The summed E-state index contributed by atoms with van der Waals surface area (Å²) in [5.41, 5.74) is 2.53. The van der Waals surface area contributed by atoms with Crippen molar-refractivity contribution in [3.8, 4) is 5.69 Å². The van der Waals surface area contributed by atoms with Crippen LogP contribution < -0.4 is 0 Å². The summed E-state index contributed by atoms with van der Waals surface area (Å²) in [4.78, 5) is 12.1. The average Bonchev–Trinajstić information content (AvgIpc) is 3.41. The highest BCUT2D eigenvalue weighted by molar-refractivity contribution is 7.98. The van der Waals surface area contributed by atoms with Gasteiger partial charge < -0.3 is 5.11 Å². The third-order valence-electron chi connectivity index (χ3n) is 5.46. The Morgan fingerprint density at radius 3 is 2.56 bits per heavy atom. The minimum atomic E-state index is -4.37. The highest BCUT2D eigenvalue weighted by Gasteiger charge is 2.30. The van der Waals surface area contributed by atoms with Gasteiger partial charge in [-0.3, -0.25) is 4.79 Å². The summed E-state index contributed by atoms with van der Waals surface area (Å²) in [6, 6.07) is 16.8. The first-order valence-corrected chi connectivity index (χ1v) is 12.1. The number of nitrogens with zero attached hydrogens (tertiary/aromatic N) is 2. The number of carboxylic acids is 1. The second-order valence-electron chi connectivity index (χ2n) is 7.75. The number of carboxylic acid groups (broad SMARTS) is 1. The molecule has 2 heterocycles. The number of aliphatic carboxylic acids is 1. The zero-order valence-electron chi connectivity index (χ0n) is 17.5. The maximum atomic E-state index is 12.9. The fraction of sp³-hybridized carbons (Fsp3) is 0.120. The second kappa shape index (κ2) is 8.81. The number of carbonyl (C=O) groups is 1. The van der Waals surface area contributed by atoms with Crippen LogP contribution in [0.4, 0.5) is 13.2 Å². The Morgan fingerprint density at radius 1 is 1.03 bits per heavy atom. The van der Waals surface area contributed by atoms with E-state index >= 15 is 0 Å². The number of thioether (sulfide) groups is 1. The molecule has 1 N–H and O–H groups in total. The molecular formula is C25H17F3N2O2S2. The van der Waals surface area contributed by atoms with Crippen LogP contribution in [0.1, 0.15) is 16.7 Å². The van der Waals surface area contributed by atoms with Crippen molar-refractivity contribution in [1.29, 1.82) is 0 Å². The fourth-order valence-electron chi connectivity index (χ4n) is 3.78. The number of rotatable bonds is 6. The molecule has 0 bridgehead atoms. The molecule has 5 rings (SSSR count). The molecular weight excluding hydrogens is 481 g/mol. The van der Waals surface area contributed by atoms with Crippen LogP contribution in [0.15, 0.2) is 77.1 Å². The van der Waals surface area contributed by atoms with E-state index < -0.39 is 17.7 Å². The first kappa shape index (κ1) is 22.5. The molecule has 0 amide bonds. The van der Waals surface area contributed by atoms with Crippen LogP contribution in [-0.4, -0.2) is 20.9 Å². The smallest absolute Gasteiger partial charge is 0.416 e. The molecule has 0 spiro atoms. The molecule has 0 saturated heterocycles. The van der Waals surface area contributed by atoms with Gasteiger partial charge in [0.2, 0.25) is 0 Å². The molecule has 3 aromatic carbocycles. The lowest BCUT2D eigenvalue weighted by Crippen LogP contribution is -2.05. The van der Waals surface area contributed by atoms with E-state index in [1.54, 1.807) is 16.4 Å². The normalized spacial score (nSPS) is 12.0. The van der Waals surface area contributed by atoms with Crippen LogP contribution in [-0.2, 0) is 23.1 Å². The van der Waals surface area contributed by atoms with Gasteiger partial charge in [0.25, 0.3) is 0 Å². The molecule has 0 aliphatic rings. The van der Waals surface area contributed by atoms with E-state index in [9.17, 15) is 18.0 Å². The summed E-state index contributed by atoms with van der Waals surface area (Å²) in [6.07, 6.45) is -2.52. The number of aromatic nitrogens is 2. The van der Waals surface area contributed by atoms with Crippen LogP contribution in [0.2, 0.25) is 0 Å². The molecule has 0 atom stereocenters. The lowest BCUT2D eigenvalue weighted by atomic mass is 10.1. The summed E-state index contributed by atoms with van der Waals surface area (Å²) in [5.74, 6) is -0.155. The third-order valence-corrected chi connectivity index (χ3v) is 7.50. The first-order chi connectivity index (χ1) is 16.3. The summed E-state index contributed by atoms with van der Waals surface area (Å²) in [5, 5.41) is 17.4. The molecule has 34 heavy (non-hydrogen) atoms. The van der Waals surface area contributed by atoms with Crippen molar-refractivity contribution in [2.24, 2.45) is 0 Å². The Morgan fingerprint density at radius 2 is 1.82 bits per heavy atom. The van der Waals surface area contributed by atoms with Crippen molar-refractivity contribution < 1.29 is 23.1 Å². The molecule has 0 fully saturated rings. The standard InChI is InChI=1S/C25H17F3N2O2S2/c26-25(27,28)17-4-6-18(7-5-17)30-12-21-15(2-1-3-22(21)29-30)13-33-19-8-9-20-16(10-24(31)32)14-34-23(20)11-19/h1-9,11-12,14H,10,13H2,(H,31,32). The molecule has 172 valence electrons. The Hall–Kier alpha value is -3.30. The highest BCUT2D eigenvalue weighted by Crippen LogP contribution is 2.34. The van der Waals surface area contributed by atoms with Crippen molar-refractivity contribution in [3.63, 3.8) is 0 Å². The predicted molar refractivity (Wildman–Crippen MR) is 129 cm³/mol. The monoisotopic (exact) mass is 498 g/mol. The number of hydrogen-bond acceptors (Lipinski definition) is 4. The van der Waals surface area contributed by atoms with Crippen LogP contribution in [0.5, 0.6) is 0 Å². The summed E-state index contributed by atoms with van der Waals surface area (Å²) in [6.45, 7) is 0. The lowest BCUT2D eigenvalue weighted by Gasteiger charge is -2.07. The summed E-state index contributed by atoms with van der Waals surface area (Å²) >= 11 is 3.20. The van der Waals surface area contributed by atoms with Crippen LogP contribution >= 0.6 is 23.1 Å².